The highest BCUT2D eigenvalue weighted by Crippen LogP contribution is 2.19. The topological polar surface area (TPSA) is 59.1 Å². The number of carbonyl (C=O) groups excluding carboxylic acids is 2. The van der Waals surface area contributed by atoms with Crippen molar-refractivity contribution in [3.05, 3.63) is 11.1 Å². The van der Waals surface area contributed by atoms with Crippen LogP contribution in [0.25, 0.3) is 0 Å². The van der Waals surface area contributed by atoms with Crippen LogP contribution in [0.1, 0.15) is 27.7 Å². The van der Waals surface area contributed by atoms with E-state index in [1.807, 2.05) is 13.8 Å². The first-order chi connectivity index (χ1) is 8.51. The number of nitrogens with zero attached hydrogens (tertiary/aromatic N) is 2. The number of amides is 2. The Morgan fingerprint density at radius 1 is 0.944 bits per heavy atom. The number of ether oxygens (including phenoxy) is 2. The Bertz CT molecular complexity index is 331. The van der Waals surface area contributed by atoms with Gasteiger partial charge in [-0.2, -0.15) is 0 Å². The van der Waals surface area contributed by atoms with Crippen LogP contribution < -0.4 is 0 Å². The summed E-state index contributed by atoms with van der Waals surface area (Å²) in [7, 11) is 0. The van der Waals surface area contributed by atoms with Crippen molar-refractivity contribution >= 4 is 12.2 Å². The number of hydrazine groups is 1. The first kappa shape index (κ1) is 14.3. The van der Waals surface area contributed by atoms with Crippen molar-refractivity contribution in [2.24, 2.45) is 0 Å². The van der Waals surface area contributed by atoms with Crippen LogP contribution in [0.15, 0.2) is 11.1 Å². The van der Waals surface area contributed by atoms with Gasteiger partial charge in [0.05, 0.1) is 26.3 Å². The van der Waals surface area contributed by atoms with Crippen LogP contribution in [0.2, 0.25) is 0 Å². The predicted octanol–water partition coefficient (Wildman–Crippen LogP) is 2.17. The SMILES string of the molecule is CCOC(=O)N1CC(C)=C(C)CN1C(=O)OCC. The smallest absolute Gasteiger partial charge is 0.429 e. The van der Waals surface area contributed by atoms with Crippen molar-refractivity contribution in [1.82, 2.24) is 10.0 Å². The zero-order valence-electron chi connectivity index (χ0n) is 11.4. The molecule has 0 N–H and O–H groups in total. The van der Waals surface area contributed by atoms with E-state index in [-0.39, 0.29) is 13.2 Å². The fraction of sp³-hybridized carbons (Fsp3) is 0.667. The van der Waals surface area contributed by atoms with Gasteiger partial charge >= 0.3 is 12.2 Å². The van der Waals surface area contributed by atoms with E-state index < -0.39 is 12.2 Å². The monoisotopic (exact) mass is 256 g/mol. The van der Waals surface area contributed by atoms with Gasteiger partial charge in [0, 0.05) is 0 Å². The van der Waals surface area contributed by atoms with Gasteiger partial charge < -0.3 is 9.47 Å². The summed E-state index contributed by atoms with van der Waals surface area (Å²) in [5.41, 5.74) is 2.12. The van der Waals surface area contributed by atoms with Crippen molar-refractivity contribution in [2.45, 2.75) is 27.7 Å². The fourth-order valence-electron chi connectivity index (χ4n) is 1.61. The van der Waals surface area contributed by atoms with E-state index in [0.29, 0.717) is 13.1 Å². The third kappa shape index (κ3) is 3.15. The summed E-state index contributed by atoms with van der Waals surface area (Å²) < 4.78 is 9.88. The third-order valence-corrected chi connectivity index (χ3v) is 2.75. The fourth-order valence-corrected chi connectivity index (χ4v) is 1.61. The van der Waals surface area contributed by atoms with Crippen molar-refractivity contribution in [3.63, 3.8) is 0 Å². The second-order valence-corrected chi connectivity index (χ2v) is 4.07. The zero-order valence-corrected chi connectivity index (χ0v) is 11.4. The summed E-state index contributed by atoms with van der Waals surface area (Å²) in [6.07, 6.45) is -1.06. The van der Waals surface area contributed by atoms with Gasteiger partial charge in [0.25, 0.3) is 0 Å². The molecule has 0 fully saturated rings. The Morgan fingerprint density at radius 3 is 1.56 bits per heavy atom. The van der Waals surface area contributed by atoms with Gasteiger partial charge in [-0.05, 0) is 27.7 Å². The molecule has 0 spiro atoms. The highest BCUT2D eigenvalue weighted by Gasteiger charge is 2.32. The van der Waals surface area contributed by atoms with Crippen LogP contribution in [0, 0.1) is 0 Å². The van der Waals surface area contributed by atoms with Gasteiger partial charge in [0.1, 0.15) is 0 Å². The minimum absolute atomic E-state index is 0.272. The Balaban J connectivity index is 2.88. The summed E-state index contributed by atoms with van der Waals surface area (Å²) in [6.45, 7) is 8.57. The maximum Gasteiger partial charge on any atom is 0.429 e. The van der Waals surface area contributed by atoms with E-state index in [9.17, 15) is 9.59 Å². The molecule has 0 aromatic heterocycles. The lowest BCUT2D eigenvalue weighted by molar-refractivity contribution is -0.0156. The molecule has 0 saturated heterocycles. The van der Waals surface area contributed by atoms with E-state index in [1.165, 1.54) is 10.0 Å². The number of hydrogen-bond donors (Lipinski definition) is 0. The average Bonchev–Trinajstić information content (AvgIpc) is 2.32. The summed E-state index contributed by atoms with van der Waals surface area (Å²) in [5, 5.41) is 2.56. The van der Waals surface area contributed by atoms with Crippen LogP contribution in [0.5, 0.6) is 0 Å². The lowest BCUT2D eigenvalue weighted by Gasteiger charge is -2.37. The quantitative estimate of drug-likeness (QED) is 0.710. The molecule has 1 heterocycles. The van der Waals surface area contributed by atoms with Crippen molar-refractivity contribution in [2.75, 3.05) is 26.3 Å². The lowest BCUT2D eigenvalue weighted by Crippen LogP contribution is -2.53. The highest BCUT2D eigenvalue weighted by atomic mass is 16.6. The number of hydrogen-bond acceptors (Lipinski definition) is 4. The predicted molar refractivity (Wildman–Crippen MR) is 65.8 cm³/mol. The Hall–Kier alpha value is -1.72. The van der Waals surface area contributed by atoms with Crippen LogP contribution in [-0.4, -0.2) is 48.5 Å². The van der Waals surface area contributed by atoms with Crippen LogP contribution in [0.3, 0.4) is 0 Å². The van der Waals surface area contributed by atoms with Crippen LogP contribution in [-0.2, 0) is 9.47 Å². The van der Waals surface area contributed by atoms with E-state index in [0.717, 1.165) is 11.1 Å². The lowest BCUT2D eigenvalue weighted by atomic mass is 10.1. The first-order valence-corrected chi connectivity index (χ1v) is 6.04. The Kier molecular flexibility index (Phi) is 5.00. The first-order valence-electron chi connectivity index (χ1n) is 6.04. The zero-order chi connectivity index (χ0) is 13.7. The normalized spacial score (nSPS) is 15.8. The standard InChI is InChI=1S/C12H20N2O4/c1-5-17-11(15)13-7-9(3)10(4)8-14(13)12(16)18-6-2/h5-8H2,1-4H3. The molecule has 0 radical (unpaired) electrons. The van der Waals surface area contributed by atoms with Crippen molar-refractivity contribution in [1.29, 1.82) is 0 Å². The molecule has 0 atom stereocenters. The average molecular weight is 256 g/mol. The second-order valence-electron chi connectivity index (χ2n) is 4.07. The molecule has 0 bridgehead atoms. The summed E-state index contributed by atoms with van der Waals surface area (Å²) in [4.78, 5) is 23.6. The van der Waals surface area contributed by atoms with Crippen LogP contribution in [0.4, 0.5) is 9.59 Å². The van der Waals surface area contributed by atoms with Gasteiger partial charge in [-0.3, -0.25) is 0 Å². The maximum atomic E-state index is 11.8. The molecule has 6 nitrogen and oxygen atoms in total. The molecule has 1 aliphatic rings. The minimum atomic E-state index is -0.530. The molecule has 1 rings (SSSR count). The summed E-state index contributed by atoms with van der Waals surface area (Å²) in [6, 6.07) is 0. The highest BCUT2D eigenvalue weighted by molar-refractivity contribution is 5.75. The molecule has 0 aliphatic carbocycles. The molecule has 6 heteroatoms. The molecule has 1 aliphatic heterocycles. The number of carbonyl (C=O) groups is 2. The van der Waals surface area contributed by atoms with Gasteiger partial charge in [0.15, 0.2) is 0 Å². The molecule has 0 unspecified atom stereocenters. The number of rotatable bonds is 2. The van der Waals surface area contributed by atoms with Crippen molar-refractivity contribution in [3.8, 4) is 0 Å². The van der Waals surface area contributed by atoms with E-state index in [1.54, 1.807) is 13.8 Å². The van der Waals surface area contributed by atoms with Gasteiger partial charge in [-0.1, -0.05) is 11.1 Å². The summed E-state index contributed by atoms with van der Waals surface area (Å²) >= 11 is 0. The molecule has 0 aromatic carbocycles. The molecule has 0 aromatic rings. The second kappa shape index (κ2) is 6.28. The molecule has 2 amide bonds. The molecule has 102 valence electrons. The van der Waals surface area contributed by atoms with Crippen molar-refractivity contribution < 1.29 is 19.1 Å². The molecular weight excluding hydrogens is 236 g/mol. The minimum Gasteiger partial charge on any atom is -0.448 e. The van der Waals surface area contributed by atoms with E-state index >= 15 is 0 Å². The molecule has 0 saturated carbocycles. The van der Waals surface area contributed by atoms with Gasteiger partial charge in [-0.25, -0.2) is 19.6 Å². The van der Waals surface area contributed by atoms with E-state index in [2.05, 4.69) is 0 Å². The summed E-state index contributed by atoms with van der Waals surface area (Å²) in [5.74, 6) is 0. The van der Waals surface area contributed by atoms with E-state index in [4.69, 9.17) is 9.47 Å². The largest absolute Gasteiger partial charge is 0.448 e. The van der Waals surface area contributed by atoms with Gasteiger partial charge in [-0.15, -0.1) is 0 Å². The maximum absolute atomic E-state index is 11.8. The Labute approximate surface area is 107 Å². The van der Waals surface area contributed by atoms with Gasteiger partial charge in [0.2, 0.25) is 0 Å². The van der Waals surface area contributed by atoms with Crippen LogP contribution >= 0.6 is 0 Å². The Morgan fingerprint density at radius 2 is 1.28 bits per heavy atom. The molecule has 18 heavy (non-hydrogen) atoms. The molecular formula is C12H20N2O4. The third-order valence-electron chi connectivity index (χ3n) is 2.75.